The number of benzene rings is 1. The highest BCUT2D eigenvalue weighted by Crippen LogP contribution is 2.31. The zero-order chi connectivity index (χ0) is 14.4. The molecule has 1 fully saturated rings. The quantitative estimate of drug-likeness (QED) is 0.858. The topological polar surface area (TPSA) is 15.3 Å². The molecule has 1 aromatic rings. The van der Waals surface area contributed by atoms with E-state index < -0.39 is 0 Å². The highest BCUT2D eigenvalue weighted by Gasteiger charge is 2.38. The van der Waals surface area contributed by atoms with Gasteiger partial charge in [0, 0.05) is 25.7 Å². The van der Waals surface area contributed by atoms with Gasteiger partial charge in [-0.25, -0.2) is 0 Å². The lowest BCUT2D eigenvalue weighted by Crippen LogP contribution is -2.61. The van der Waals surface area contributed by atoms with Crippen LogP contribution in [0.25, 0.3) is 0 Å². The van der Waals surface area contributed by atoms with Crippen LogP contribution in [0.4, 0.5) is 4.39 Å². The first-order chi connectivity index (χ1) is 9.70. The van der Waals surface area contributed by atoms with Crippen molar-refractivity contribution in [2.45, 2.75) is 44.7 Å². The van der Waals surface area contributed by atoms with E-state index in [0.29, 0.717) is 12.5 Å². The number of rotatable bonds is 6. The van der Waals surface area contributed by atoms with Gasteiger partial charge >= 0.3 is 0 Å². The fourth-order valence-electron chi connectivity index (χ4n) is 3.20. The van der Waals surface area contributed by atoms with Crippen molar-refractivity contribution in [3.8, 4) is 0 Å². The third-order valence-electron chi connectivity index (χ3n) is 4.47. The molecule has 2 atom stereocenters. The molecule has 1 heterocycles. The van der Waals surface area contributed by atoms with E-state index in [1.54, 1.807) is 0 Å². The fraction of sp³-hybridized carbons (Fsp3) is 0.647. The van der Waals surface area contributed by atoms with Crippen LogP contribution in [0.5, 0.6) is 0 Å². The predicted octanol–water partition coefficient (Wildman–Crippen LogP) is 3.34. The van der Waals surface area contributed by atoms with Crippen LogP contribution in [0, 0.1) is 0 Å². The standard InChI is InChI=1S/C17H27FN2/c1-3-8-16-13-20(12-7-11-18)17(2,14-19-16)15-9-5-4-6-10-15/h4-6,9-10,16,19H,3,7-8,11-14H2,1-2H3. The fourth-order valence-corrected chi connectivity index (χ4v) is 3.20. The summed E-state index contributed by atoms with van der Waals surface area (Å²) < 4.78 is 12.6. The van der Waals surface area contributed by atoms with E-state index in [0.717, 1.165) is 19.6 Å². The van der Waals surface area contributed by atoms with Crippen molar-refractivity contribution in [2.75, 3.05) is 26.3 Å². The lowest BCUT2D eigenvalue weighted by atomic mass is 9.86. The minimum Gasteiger partial charge on any atom is -0.311 e. The Morgan fingerprint density at radius 1 is 1.35 bits per heavy atom. The zero-order valence-corrected chi connectivity index (χ0v) is 12.7. The first-order valence-electron chi connectivity index (χ1n) is 7.80. The maximum atomic E-state index is 12.6. The summed E-state index contributed by atoms with van der Waals surface area (Å²) in [6.45, 7) is 7.05. The van der Waals surface area contributed by atoms with Crippen LogP contribution in [0.1, 0.15) is 38.7 Å². The Hall–Kier alpha value is -0.930. The van der Waals surface area contributed by atoms with Crippen LogP contribution in [-0.4, -0.2) is 37.3 Å². The summed E-state index contributed by atoms with van der Waals surface area (Å²) in [6, 6.07) is 11.1. The summed E-state index contributed by atoms with van der Waals surface area (Å²) in [6.07, 6.45) is 3.01. The highest BCUT2D eigenvalue weighted by atomic mass is 19.1. The van der Waals surface area contributed by atoms with E-state index in [-0.39, 0.29) is 12.2 Å². The van der Waals surface area contributed by atoms with E-state index in [4.69, 9.17) is 0 Å². The van der Waals surface area contributed by atoms with Crippen molar-refractivity contribution in [3.05, 3.63) is 35.9 Å². The monoisotopic (exact) mass is 278 g/mol. The Bertz CT molecular complexity index is 395. The van der Waals surface area contributed by atoms with Gasteiger partial charge in [0.05, 0.1) is 12.2 Å². The highest BCUT2D eigenvalue weighted by molar-refractivity contribution is 5.25. The first-order valence-corrected chi connectivity index (χ1v) is 7.80. The molecule has 0 saturated carbocycles. The second-order valence-electron chi connectivity index (χ2n) is 5.99. The molecule has 3 heteroatoms. The van der Waals surface area contributed by atoms with E-state index in [1.807, 2.05) is 0 Å². The first kappa shape index (κ1) is 15.5. The average molecular weight is 278 g/mol. The maximum Gasteiger partial charge on any atom is 0.0906 e. The van der Waals surface area contributed by atoms with E-state index in [9.17, 15) is 4.39 Å². The van der Waals surface area contributed by atoms with E-state index >= 15 is 0 Å². The van der Waals surface area contributed by atoms with Gasteiger partial charge in [-0.3, -0.25) is 9.29 Å². The van der Waals surface area contributed by atoms with Crippen LogP contribution >= 0.6 is 0 Å². The summed E-state index contributed by atoms with van der Waals surface area (Å²) in [4.78, 5) is 2.47. The van der Waals surface area contributed by atoms with Crippen LogP contribution in [0.2, 0.25) is 0 Å². The van der Waals surface area contributed by atoms with Gasteiger partial charge in [-0.05, 0) is 25.3 Å². The number of hydrogen-bond acceptors (Lipinski definition) is 2. The Morgan fingerprint density at radius 3 is 2.75 bits per heavy atom. The van der Waals surface area contributed by atoms with Crippen molar-refractivity contribution in [3.63, 3.8) is 0 Å². The molecule has 1 N–H and O–H groups in total. The van der Waals surface area contributed by atoms with Gasteiger partial charge in [-0.2, -0.15) is 0 Å². The second-order valence-corrected chi connectivity index (χ2v) is 5.99. The molecule has 2 rings (SSSR count). The Kier molecular flexibility index (Phi) is 5.55. The summed E-state index contributed by atoms with van der Waals surface area (Å²) in [7, 11) is 0. The average Bonchev–Trinajstić information content (AvgIpc) is 2.49. The van der Waals surface area contributed by atoms with Crippen LogP contribution in [-0.2, 0) is 5.54 Å². The molecule has 1 aromatic carbocycles. The molecule has 20 heavy (non-hydrogen) atoms. The Balaban J connectivity index is 2.16. The maximum absolute atomic E-state index is 12.6. The molecule has 0 aliphatic carbocycles. The normalized spacial score (nSPS) is 27.6. The largest absolute Gasteiger partial charge is 0.311 e. The Morgan fingerprint density at radius 2 is 2.10 bits per heavy atom. The van der Waals surface area contributed by atoms with Crippen molar-refractivity contribution in [2.24, 2.45) is 0 Å². The minimum atomic E-state index is -0.229. The van der Waals surface area contributed by atoms with Crippen molar-refractivity contribution < 1.29 is 4.39 Å². The third kappa shape index (κ3) is 3.39. The molecule has 1 saturated heterocycles. The van der Waals surface area contributed by atoms with E-state index in [1.165, 1.54) is 18.4 Å². The molecule has 2 unspecified atom stereocenters. The molecule has 0 aromatic heterocycles. The van der Waals surface area contributed by atoms with Gasteiger partial charge in [0.1, 0.15) is 0 Å². The number of nitrogens with zero attached hydrogens (tertiary/aromatic N) is 1. The second kappa shape index (κ2) is 7.19. The molecular formula is C17H27FN2. The molecule has 112 valence electrons. The number of hydrogen-bond donors (Lipinski definition) is 1. The molecule has 1 aliphatic rings. The van der Waals surface area contributed by atoms with Gasteiger partial charge in [0.15, 0.2) is 0 Å². The van der Waals surface area contributed by atoms with Gasteiger partial charge in [-0.1, -0.05) is 43.7 Å². The van der Waals surface area contributed by atoms with Crippen LogP contribution in [0.15, 0.2) is 30.3 Å². The number of alkyl halides is 1. The van der Waals surface area contributed by atoms with E-state index in [2.05, 4.69) is 54.4 Å². The molecule has 2 nitrogen and oxygen atoms in total. The lowest BCUT2D eigenvalue weighted by Gasteiger charge is -2.48. The molecule has 0 bridgehead atoms. The third-order valence-corrected chi connectivity index (χ3v) is 4.47. The Labute approximate surface area is 122 Å². The number of nitrogens with one attached hydrogen (secondary N) is 1. The van der Waals surface area contributed by atoms with Gasteiger partial charge in [0.25, 0.3) is 0 Å². The summed E-state index contributed by atoms with van der Waals surface area (Å²) in [5.41, 5.74) is 1.29. The molecular weight excluding hydrogens is 251 g/mol. The molecule has 0 radical (unpaired) electrons. The van der Waals surface area contributed by atoms with Gasteiger partial charge < -0.3 is 5.32 Å². The van der Waals surface area contributed by atoms with Crippen molar-refractivity contribution >= 4 is 0 Å². The molecule has 0 amide bonds. The number of halogens is 1. The zero-order valence-electron chi connectivity index (χ0n) is 12.7. The lowest BCUT2D eigenvalue weighted by molar-refractivity contribution is 0.0449. The predicted molar refractivity (Wildman–Crippen MR) is 82.7 cm³/mol. The van der Waals surface area contributed by atoms with Crippen LogP contribution in [0.3, 0.4) is 0 Å². The number of piperazine rings is 1. The molecule has 1 aliphatic heterocycles. The summed E-state index contributed by atoms with van der Waals surface area (Å²) in [5, 5.41) is 3.68. The van der Waals surface area contributed by atoms with Crippen molar-refractivity contribution in [1.29, 1.82) is 0 Å². The summed E-state index contributed by atoms with van der Waals surface area (Å²) in [5.74, 6) is 0. The van der Waals surface area contributed by atoms with Crippen LogP contribution < -0.4 is 5.32 Å². The SMILES string of the molecule is CCCC1CN(CCCF)C(C)(c2ccccc2)CN1. The van der Waals surface area contributed by atoms with Crippen molar-refractivity contribution in [1.82, 2.24) is 10.2 Å². The smallest absolute Gasteiger partial charge is 0.0906 e. The minimum absolute atomic E-state index is 0.0271. The molecule has 0 spiro atoms. The van der Waals surface area contributed by atoms with Gasteiger partial charge in [-0.15, -0.1) is 0 Å². The summed E-state index contributed by atoms with van der Waals surface area (Å²) >= 11 is 0. The van der Waals surface area contributed by atoms with Gasteiger partial charge in [0.2, 0.25) is 0 Å².